The smallest absolute Gasteiger partial charge is 0.407 e. The molecule has 1 aliphatic carbocycles. The summed E-state index contributed by atoms with van der Waals surface area (Å²) < 4.78 is 4.54. The number of nitrogens with one attached hydrogen (secondary N) is 1. The summed E-state index contributed by atoms with van der Waals surface area (Å²) in [5.41, 5.74) is 0. The van der Waals surface area contributed by atoms with E-state index in [1.165, 1.54) is 7.11 Å². The van der Waals surface area contributed by atoms with E-state index >= 15 is 0 Å². The normalized spacial score (nSPS) is 32.8. The van der Waals surface area contributed by atoms with Gasteiger partial charge in [-0.25, -0.2) is 4.79 Å². The molecule has 1 amide bonds. The third-order valence-electron chi connectivity index (χ3n) is 2.74. The molecule has 0 radical (unpaired) electrons. The maximum Gasteiger partial charge on any atom is 0.407 e. The number of carbonyl (C=O) groups excluding carboxylic acids is 1. The molecule has 1 unspecified atom stereocenters. The highest BCUT2D eigenvalue weighted by Crippen LogP contribution is 2.43. The SMILES string of the molecule is CC[C@@H]1C(NC(=O)OC)[C@@H]1CC. The van der Waals surface area contributed by atoms with Crippen LogP contribution in [0, 0.1) is 11.8 Å². The molecule has 3 atom stereocenters. The minimum absolute atomic E-state index is 0.297. The Bertz CT molecular complexity index is 160. The third kappa shape index (κ3) is 1.71. The minimum atomic E-state index is -0.297. The molecule has 3 heteroatoms. The number of hydrogen-bond donors (Lipinski definition) is 1. The van der Waals surface area contributed by atoms with Gasteiger partial charge in [0.15, 0.2) is 0 Å². The van der Waals surface area contributed by atoms with Crippen molar-refractivity contribution in [1.29, 1.82) is 0 Å². The van der Waals surface area contributed by atoms with Crippen molar-refractivity contribution in [3.05, 3.63) is 0 Å². The molecule has 1 aliphatic rings. The fourth-order valence-electron chi connectivity index (χ4n) is 1.97. The summed E-state index contributed by atoms with van der Waals surface area (Å²) in [4.78, 5) is 10.9. The first-order valence-corrected chi connectivity index (χ1v) is 4.59. The van der Waals surface area contributed by atoms with Gasteiger partial charge in [-0.1, -0.05) is 26.7 Å². The Hall–Kier alpha value is -0.730. The van der Waals surface area contributed by atoms with Gasteiger partial charge < -0.3 is 10.1 Å². The lowest BCUT2D eigenvalue weighted by Crippen LogP contribution is -2.27. The third-order valence-corrected chi connectivity index (χ3v) is 2.74. The van der Waals surface area contributed by atoms with E-state index < -0.39 is 0 Å². The molecule has 0 aromatic heterocycles. The van der Waals surface area contributed by atoms with Crippen LogP contribution < -0.4 is 5.32 Å². The quantitative estimate of drug-likeness (QED) is 0.703. The molecule has 0 bridgehead atoms. The van der Waals surface area contributed by atoms with E-state index in [0.29, 0.717) is 17.9 Å². The number of rotatable bonds is 3. The van der Waals surface area contributed by atoms with Gasteiger partial charge >= 0.3 is 6.09 Å². The van der Waals surface area contributed by atoms with Gasteiger partial charge in [0, 0.05) is 6.04 Å². The van der Waals surface area contributed by atoms with Gasteiger partial charge in [-0.2, -0.15) is 0 Å². The van der Waals surface area contributed by atoms with Gasteiger partial charge in [0.1, 0.15) is 0 Å². The van der Waals surface area contributed by atoms with E-state index in [1.807, 2.05) is 0 Å². The minimum Gasteiger partial charge on any atom is -0.453 e. The molecule has 0 aromatic carbocycles. The Morgan fingerprint density at radius 3 is 2.17 bits per heavy atom. The molecule has 0 aliphatic heterocycles. The van der Waals surface area contributed by atoms with Gasteiger partial charge in [-0.05, 0) is 11.8 Å². The van der Waals surface area contributed by atoms with Crippen LogP contribution in [0.5, 0.6) is 0 Å². The average Bonchev–Trinajstić information content (AvgIpc) is 2.77. The van der Waals surface area contributed by atoms with Crippen LogP contribution in [0.2, 0.25) is 0 Å². The Balaban J connectivity index is 2.31. The molecular formula is C9H17NO2. The lowest BCUT2D eigenvalue weighted by molar-refractivity contribution is 0.169. The molecule has 3 nitrogen and oxygen atoms in total. The number of ether oxygens (including phenoxy) is 1. The monoisotopic (exact) mass is 171 g/mol. The van der Waals surface area contributed by atoms with Gasteiger partial charge in [-0.3, -0.25) is 0 Å². The molecule has 1 rings (SSSR count). The van der Waals surface area contributed by atoms with Crippen LogP contribution >= 0.6 is 0 Å². The van der Waals surface area contributed by atoms with E-state index in [2.05, 4.69) is 23.9 Å². The largest absolute Gasteiger partial charge is 0.453 e. The zero-order valence-corrected chi connectivity index (χ0v) is 7.96. The predicted octanol–water partition coefficient (Wildman–Crippen LogP) is 1.78. The van der Waals surface area contributed by atoms with Crippen LogP contribution in [-0.2, 0) is 4.74 Å². The number of alkyl carbamates (subject to hydrolysis) is 1. The standard InChI is InChI=1S/C9H17NO2/c1-4-6-7(5-2)8(6)10-9(11)12-3/h6-8H,4-5H2,1-3H3,(H,10,11)/t6-,7+,8?. The predicted molar refractivity (Wildman–Crippen MR) is 46.9 cm³/mol. The van der Waals surface area contributed by atoms with E-state index in [9.17, 15) is 4.79 Å². The Kier molecular flexibility index (Phi) is 2.95. The van der Waals surface area contributed by atoms with E-state index in [1.54, 1.807) is 0 Å². The Morgan fingerprint density at radius 2 is 1.83 bits per heavy atom. The topological polar surface area (TPSA) is 38.3 Å². The van der Waals surface area contributed by atoms with Gasteiger partial charge in [0.25, 0.3) is 0 Å². The fraction of sp³-hybridized carbons (Fsp3) is 0.889. The lowest BCUT2D eigenvalue weighted by Gasteiger charge is -2.00. The lowest BCUT2D eigenvalue weighted by atomic mass is 10.2. The number of amides is 1. The summed E-state index contributed by atoms with van der Waals surface area (Å²) in [6, 6.07) is 0.368. The van der Waals surface area contributed by atoms with Crippen LogP contribution in [0.25, 0.3) is 0 Å². The van der Waals surface area contributed by atoms with Crippen molar-refractivity contribution in [2.45, 2.75) is 32.7 Å². The molecule has 1 N–H and O–H groups in total. The van der Waals surface area contributed by atoms with E-state index in [-0.39, 0.29) is 6.09 Å². The highest BCUT2D eigenvalue weighted by molar-refractivity contribution is 5.68. The van der Waals surface area contributed by atoms with Crippen LogP contribution in [0.3, 0.4) is 0 Å². The zero-order chi connectivity index (χ0) is 9.14. The maximum absolute atomic E-state index is 10.9. The molecule has 0 saturated heterocycles. The second kappa shape index (κ2) is 3.78. The first-order valence-electron chi connectivity index (χ1n) is 4.59. The highest BCUT2D eigenvalue weighted by atomic mass is 16.5. The summed E-state index contributed by atoms with van der Waals surface area (Å²) in [7, 11) is 1.40. The van der Waals surface area contributed by atoms with Crippen molar-refractivity contribution in [3.63, 3.8) is 0 Å². The molecular weight excluding hydrogens is 154 g/mol. The first kappa shape index (κ1) is 9.36. The number of hydrogen-bond acceptors (Lipinski definition) is 2. The van der Waals surface area contributed by atoms with Crippen molar-refractivity contribution in [2.24, 2.45) is 11.8 Å². The fourth-order valence-corrected chi connectivity index (χ4v) is 1.97. The summed E-state index contributed by atoms with van der Waals surface area (Å²) in [6.45, 7) is 4.32. The van der Waals surface area contributed by atoms with Crippen LogP contribution in [0.15, 0.2) is 0 Å². The van der Waals surface area contributed by atoms with Crippen molar-refractivity contribution < 1.29 is 9.53 Å². The van der Waals surface area contributed by atoms with Gasteiger partial charge in [-0.15, -0.1) is 0 Å². The second-order valence-electron chi connectivity index (χ2n) is 3.31. The number of carbonyl (C=O) groups is 1. The summed E-state index contributed by atoms with van der Waals surface area (Å²) in [5.74, 6) is 1.35. The summed E-state index contributed by atoms with van der Waals surface area (Å²) >= 11 is 0. The highest BCUT2D eigenvalue weighted by Gasteiger charge is 2.48. The Labute approximate surface area is 73.5 Å². The Morgan fingerprint density at radius 1 is 1.33 bits per heavy atom. The van der Waals surface area contributed by atoms with Crippen molar-refractivity contribution in [3.8, 4) is 0 Å². The van der Waals surface area contributed by atoms with Gasteiger partial charge in [0.05, 0.1) is 7.11 Å². The van der Waals surface area contributed by atoms with Crippen molar-refractivity contribution in [2.75, 3.05) is 7.11 Å². The maximum atomic E-state index is 10.9. The van der Waals surface area contributed by atoms with Crippen molar-refractivity contribution in [1.82, 2.24) is 5.32 Å². The van der Waals surface area contributed by atoms with Crippen LogP contribution in [0.1, 0.15) is 26.7 Å². The van der Waals surface area contributed by atoms with E-state index in [0.717, 1.165) is 12.8 Å². The molecule has 1 saturated carbocycles. The van der Waals surface area contributed by atoms with Crippen LogP contribution in [-0.4, -0.2) is 19.2 Å². The molecule has 0 spiro atoms. The second-order valence-corrected chi connectivity index (χ2v) is 3.31. The van der Waals surface area contributed by atoms with Crippen molar-refractivity contribution >= 4 is 6.09 Å². The number of methoxy groups -OCH3 is 1. The molecule has 70 valence electrons. The first-order chi connectivity index (χ1) is 5.74. The zero-order valence-electron chi connectivity index (χ0n) is 7.96. The van der Waals surface area contributed by atoms with Gasteiger partial charge in [0.2, 0.25) is 0 Å². The molecule has 0 aromatic rings. The van der Waals surface area contributed by atoms with Crippen LogP contribution in [0.4, 0.5) is 4.79 Å². The molecule has 12 heavy (non-hydrogen) atoms. The average molecular weight is 171 g/mol. The summed E-state index contributed by atoms with van der Waals surface area (Å²) in [6.07, 6.45) is 2.00. The summed E-state index contributed by atoms with van der Waals surface area (Å²) in [5, 5.41) is 2.84. The molecule has 1 fully saturated rings. The van der Waals surface area contributed by atoms with E-state index in [4.69, 9.17) is 0 Å². The molecule has 0 heterocycles.